The second-order valence-electron chi connectivity index (χ2n) is 4.77. The minimum Gasteiger partial charge on any atom is -0.464 e. The highest BCUT2D eigenvalue weighted by Gasteiger charge is 2.17. The molecule has 0 radical (unpaired) electrons. The fraction of sp³-hybridized carbons (Fsp3) is 0.667. The average molecular weight is 323 g/mol. The van der Waals surface area contributed by atoms with Gasteiger partial charge in [-0.2, -0.15) is 0 Å². The summed E-state index contributed by atoms with van der Waals surface area (Å²) in [5.74, 6) is 0.00582. The van der Waals surface area contributed by atoms with Crippen LogP contribution in [0, 0.1) is 0 Å². The van der Waals surface area contributed by atoms with Crippen LogP contribution in [0.1, 0.15) is 24.9 Å². The van der Waals surface area contributed by atoms with Crippen molar-refractivity contribution in [3.8, 4) is 0 Å². The number of hydrogen-bond acceptors (Lipinski definition) is 6. The molecule has 0 saturated heterocycles. The maximum Gasteiger partial charge on any atom is 0.158 e. The first-order valence-corrected chi connectivity index (χ1v) is 10.3. The Labute approximate surface area is 120 Å². The van der Waals surface area contributed by atoms with E-state index in [0.717, 1.165) is 19.2 Å². The first kappa shape index (κ1) is 17.2. The molecule has 6 nitrogen and oxygen atoms in total. The zero-order chi connectivity index (χ0) is 15.2. The number of rotatable bonds is 9. The van der Waals surface area contributed by atoms with E-state index in [2.05, 4.69) is 12.2 Å². The van der Waals surface area contributed by atoms with Gasteiger partial charge in [-0.05, 0) is 25.1 Å². The standard InChI is InChI=1S/C12H21NO5S2/c1-3-6-13-9-11-4-5-12(18-11)10-20(16,17)8-7-19(2,14)15/h4-5,13H,3,6-10H2,1-2H3. The monoisotopic (exact) mass is 323 g/mol. The highest BCUT2D eigenvalue weighted by atomic mass is 32.2. The van der Waals surface area contributed by atoms with E-state index < -0.39 is 19.7 Å². The molecular formula is C12H21NO5S2. The van der Waals surface area contributed by atoms with E-state index in [-0.39, 0.29) is 17.3 Å². The van der Waals surface area contributed by atoms with Crippen molar-refractivity contribution in [2.45, 2.75) is 25.6 Å². The molecule has 1 rings (SSSR count). The maximum absolute atomic E-state index is 11.8. The Balaban J connectivity index is 2.55. The van der Waals surface area contributed by atoms with Gasteiger partial charge in [-0.1, -0.05) is 6.92 Å². The van der Waals surface area contributed by atoms with Crippen LogP contribution in [0.15, 0.2) is 16.5 Å². The summed E-state index contributed by atoms with van der Waals surface area (Å²) in [4.78, 5) is 0. The van der Waals surface area contributed by atoms with Gasteiger partial charge in [0.25, 0.3) is 0 Å². The molecule has 0 unspecified atom stereocenters. The van der Waals surface area contributed by atoms with Crippen LogP contribution in [0.3, 0.4) is 0 Å². The highest BCUT2D eigenvalue weighted by Crippen LogP contribution is 2.12. The number of furan rings is 1. The lowest BCUT2D eigenvalue weighted by atomic mass is 10.4. The van der Waals surface area contributed by atoms with E-state index in [9.17, 15) is 16.8 Å². The summed E-state index contributed by atoms with van der Waals surface area (Å²) in [5, 5.41) is 3.15. The largest absolute Gasteiger partial charge is 0.464 e. The van der Waals surface area contributed by atoms with Crippen molar-refractivity contribution in [1.29, 1.82) is 0 Å². The van der Waals surface area contributed by atoms with E-state index in [1.54, 1.807) is 12.1 Å². The van der Waals surface area contributed by atoms with Gasteiger partial charge in [-0.15, -0.1) is 0 Å². The van der Waals surface area contributed by atoms with Crippen molar-refractivity contribution in [2.75, 3.05) is 24.3 Å². The molecule has 20 heavy (non-hydrogen) atoms. The van der Waals surface area contributed by atoms with Crippen molar-refractivity contribution >= 4 is 19.7 Å². The Morgan fingerprint density at radius 3 is 2.35 bits per heavy atom. The van der Waals surface area contributed by atoms with Gasteiger partial charge in [0, 0.05) is 6.26 Å². The molecule has 0 aliphatic heterocycles. The smallest absolute Gasteiger partial charge is 0.158 e. The molecule has 116 valence electrons. The summed E-state index contributed by atoms with van der Waals surface area (Å²) in [6.45, 7) is 3.47. The summed E-state index contributed by atoms with van der Waals surface area (Å²) in [6.07, 6.45) is 2.03. The third-order valence-electron chi connectivity index (χ3n) is 2.57. The molecule has 0 aliphatic rings. The molecule has 0 bridgehead atoms. The van der Waals surface area contributed by atoms with Crippen LogP contribution in [0.2, 0.25) is 0 Å². The first-order chi connectivity index (χ1) is 9.22. The van der Waals surface area contributed by atoms with Crippen LogP contribution in [0.5, 0.6) is 0 Å². The van der Waals surface area contributed by atoms with Gasteiger partial charge in [0.15, 0.2) is 9.84 Å². The van der Waals surface area contributed by atoms with Gasteiger partial charge in [0.1, 0.15) is 27.1 Å². The minimum absolute atomic E-state index is 0.268. The summed E-state index contributed by atoms with van der Waals surface area (Å²) >= 11 is 0. The quantitative estimate of drug-likeness (QED) is 0.674. The minimum atomic E-state index is -3.47. The molecule has 1 N–H and O–H groups in total. The molecule has 1 heterocycles. The number of nitrogens with one attached hydrogen (secondary N) is 1. The predicted octanol–water partition coefficient (Wildman–Crippen LogP) is 0.739. The second kappa shape index (κ2) is 7.24. The molecule has 0 aromatic carbocycles. The predicted molar refractivity (Wildman–Crippen MR) is 77.9 cm³/mol. The summed E-state index contributed by atoms with van der Waals surface area (Å²) in [5.41, 5.74) is 0. The fourth-order valence-electron chi connectivity index (χ4n) is 1.55. The Morgan fingerprint density at radius 1 is 1.10 bits per heavy atom. The van der Waals surface area contributed by atoms with Crippen LogP contribution < -0.4 is 5.32 Å². The van der Waals surface area contributed by atoms with Gasteiger partial charge in [-0.25, -0.2) is 16.8 Å². The lowest BCUT2D eigenvalue weighted by Gasteiger charge is -2.02. The molecule has 1 aromatic rings. The van der Waals surface area contributed by atoms with E-state index >= 15 is 0 Å². The lowest BCUT2D eigenvalue weighted by Crippen LogP contribution is -2.17. The van der Waals surface area contributed by atoms with Gasteiger partial charge < -0.3 is 9.73 Å². The van der Waals surface area contributed by atoms with Crippen molar-refractivity contribution < 1.29 is 21.3 Å². The van der Waals surface area contributed by atoms with E-state index in [4.69, 9.17) is 4.42 Å². The molecule has 0 fully saturated rings. The summed E-state index contributed by atoms with van der Waals surface area (Å²) < 4.78 is 50.9. The maximum atomic E-state index is 11.8. The third kappa shape index (κ3) is 7.06. The van der Waals surface area contributed by atoms with Crippen LogP contribution >= 0.6 is 0 Å². The van der Waals surface area contributed by atoms with Crippen LogP contribution in [0.25, 0.3) is 0 Å². The summed E-state index contributed by atoms with van der Waals surface area (Å²) in [6, 6.07) is 3.34. The fourth-order valence-corrected chi connectivity index (χ4v) is 4.51. The molecule has 0 saturated carbocycles. The van der Waals surface area contributed by atoms with Crippen molar-refractivity contribution in [1.82, 2.24) is 5.32 Å². The number of hydrogen-bond donors (Lipinski definition) is 1. The zero-order valence-electron chi connectivity index (χ0n) is 11.8. The Kier molecular flexibility index (Phi) is 6.22. The first-order valence-electron chi connectivity index (χ1n) is 6.38. The van der Waals surface area contributed by atoms with Gasteiger partial charge in [0.2, 0.25) is 0 Å². The van der Waals surface area contributed by atoms with Crippen LogP contribution in [-0.4, -0.2) is 41.1 Å². The van der Waals surface area contributed by atoms with Crippen molar-refractivity contribution in [3.05, 3.63) is 23.7 Å². The van der Waals surface area contributed by atoms with Crippen molar-refractivity contribution in [3.63, 3.8) is 0 Å². The highest BCUT2D eigenvalue weighted by molar-refractivity contribution is 7.94. The van der Waals surface area contributed by atoms with Crippen LogP contribution in [0.4, 0.5) is 0 Å². The molecule has 0 spiro atoms. The normalized spacial score (nSPS) is 12.7. The van der Waals surface area contributed by atoms with E-state index in [1.807, 2.05) is 0 Å². The number of sulfone groups is 2. The molecular weight excluding hydrogens is 302 g/mol. The van der Waals surface area contributed by atoms with Crippen LogP contribution in [-0.2, 0) is 32.0 Å². The molecule has 0 aliphatic carbocycles. The molecule has 0 amide bonds. The molecule has 0 atom stereocenters. The Morgan fingerprint density at radius 2 is 1.75 bits per heavy atom. The summed E-state index contributed by atoms with van der Waals surface area (Å²) in [7, 11) is -6.75. The topological polar surface area (TPSA) is 93.5 Å². The lowest BCUT2D eigenvalue weighted by molar-refractivity contribution is 0.456. The molecule has 1 aromatic heterocycles. The SMILES string of the molecule is CCCNCc1ccc(CS(=O)(=O)CCS(C)(=O)=O)o1. The average Bonchev–Trinajstić information content (AvgIpc) is 2.73. The van der Waals surface area contributed by atoms with E-state index in [0.29, 0.717) is 18.1 Å². The van der Waals surface area contributed by atoms with Crippen molar-refractivity contribution in [2.24, 2.45) is 0 Å². The Bertz CT molecular complexity index is 616. The second-order valence-corrected chi connectivity index (χ2v) is 9.21. The van der Waals surface area contributed by atoms with Gasteiger partial charge in [-0.3, -0.25) is 0 Å². The molecule has 8 heteroatoms. The Hall–Kier alpha value is -0.860. The van der Waals surface area contributed by atoms with E-state index in [1.165, 1.54) is 0 Å². The third-order valence-corrected chi connectivity index (χ3v) is 5.33. The van der Waals surface area contributed by atoms with Gasteiger partial charge >= 0.3 is 0 Å². The zero-order valence-corrected chi connectivity index (χ0v) is 13.4. The van der Waals surface area contributed by atoms with Gasteiger partial charge in [0.05, 0.1) is 18.1 Å².